The van der Waals surface area contributed by atoms with Gasteiger partial charge in [-0.1, -0.05) is 114 Å². The van der Waals surface area contributed by atoms with Crippen molar-refractivity contribution >= 4 is 5.97 Å². The summed E-state index contributed by atoms with van der Waals surface area (Å²) >= 11 is 0. The van der Waals surface area contributed by atoms with Gasteiger partial charge in [-0.05, 0) is 72.9 Å². The van der Waals surface area contributed by atoms with Crippen LogP contribution >= 0.6 is 0 Å². The third kappa shape index (κ3) is 12.1. The number of carbonyl (C=O) groups is 1. The van der Waals surface area contributed by atoms with Crippen LogP contribution in [0.25, 0.3) is 11.1 Å². The van der Waals surface area contributed by atoms with Crippen molar-refractivity contribution in [2.45, 2.75) is 104 Å². The maximum Gasteiger partial charge on any atom is 0.343 e. The fraction of sp³-hybridized carbons (Fsp3) is 0.486. The number of benzene rings is 3. The summed E-state index contributed by atoms with van der Waals surface area (Å²) in [6.07, 6.45) is 15.4. The van der Waals surface area contributed by atoms with Gasteiger partial charge in [0.1, 0.15) is 11.5 Å². The van der Waals surface area contributed by atoms with Gasteiger partial charge >= 0.3 is 5.97 Å². The molecule has 0 radical (unpaired) electrons. The topological polar surface area (TPSA) is 44.8 Å². The molecule has 0 heterocycles. The summed E-state index contributed by atoms with van der Waals surface area (Å²) in [6, 6.07) is 23.2. The average molecular weight is 559 g/mol. The van der Waals surface area contributed by atoms with E-state index in [2.05, 4.69) is 26.0 Å². The van der Waals surface area contributed by atoms with Crippen molar-refractivity contribution in [1.29, 1.82) is 0 Å². The summed E-state index contributed by atoms with van der Waals surface area (Å²) in [5.41, 5.74) is 3.72. The number of carbonyl (C=O) groups excluding carboxylic acids is 1. The van der Waals surface area contributed by atoms with E-state index in [1.165, 1.54) is 57.8 Å². The van der Waals surface area contributed by atoms with Crippen LogP contribution in [0.3, 0.4) is 0 Å². The van der Waals surface area contributed by atoms with E-state index in [9.17, 15) is 4.79 Å². The normalized spacial score (nSPS) is 11.8. The van der Waals surface area contributed by atoms with Gasteiger partial charge in [-0.25, -0.2) is 4.79 Å². The molecule has 3 rings (SSSR count). The fourth-order valence-electron chi connectivity index (χ4n) is 4.80. The second-order valence-electron chi connectivity index (χ2n) is 11.0. The van der Waals surface area contributed by atoms with Crippen molar-refractivity contribution in [2.75, 3.05) is 13.2 Å². The van der Waals surface area contributed by atoms with Crippen LogP contribution in [0.5, 0.6) is 11.5 Å². The van der Waals surface area contributed by atoms with E-state index in [4.69, 9.17) is 14.2 Å². The number of hydrogen-bond donors (Lipinski definition) is 0. The predicted octanol–water partition coefficient (Wildman–Crippen LogP) is 10.8. The van der Waals surface area contributed by atoms with Crippen molar-refractivity contribution in [3.63, 3.8) is 0 Å². The summed E-state index contributed by atoms with van der Waals surface area (Å²) in [7, 11) is 0. The Morgan fingerprint density at radius 2 is 1.10 bits per heavy atom. The van der Waals surface area contributed by atoms with Gasteiger partial charge in [0.05, 0.1) is 18.3 Å². The lowest BCUT2D eigenvalue weighted by Gasteiger charge is -2.13. The number of hydrogen-bond acceptors (Lipinski definition) is 4. The van der Waals surface area contributed by atoms with Gasteiger partial charge in [-0.2, -0.15) is 0 Å². The van der Waals surface area contributed by atoms with Gasteiger partial charge in [0.15, 0.2) is 0 Å². The number of ether oxygens (including phenoxy) is 3. The maximum atomic E-state index is 12.7. The summed E-state index contributed by atoms with van der Waals surface area (Å²) < 4.78 is 17.4. The highest BCUT2D eigenvalue weighted by Gasteiger charge is 2.11. The second kappa shape index (κ2) is 19.1. The molecule has 3 aromatic carbocycles. The number of rotatable bonds is 20. The van der Waals surface area contributed by atoms with E-state index < -0.39 is 0 Å². The zero-order valence-electron chi connectivity index (χ0n) is 25.5. The average Bonchev–Trinajstić information content (AvgIpc) is 3.00. The Morgan fingerprint density at radius 1 is 0.585 bits per heavy atom. The quantitative estimate of drug-likeness (QED) is 0.0786. The Bertz CT molecular complexity index is 1100. The third-order valence-electron chi connectivity index (χ3n) is 7.50. The molecule has 3 aromatic rings. The first-order valence-corrected chi connectivity index (χ1v) is 15.9. The van der Waals surface area contributed by atoms with Crippen molar-refractivity contribution in [1.82, 2.24) is 0 Å². The Hall–Kier alpha value is -3.11. The smallest absolute Gasteiger partial charge is 0.343 e. The Labute approximate surface area is 248 Å². The largest absolute Gasteiger partial charge is 0.494 e. The number of unbranched alkanes of at least 4 members (excludes halogenated alkanes) is 10. The van der Waals surface area contributed by atoms with E-state index in [0.717, 1.165) is 54.9 Å². The molecule has 4 nitrogen and oxygen atoms in total. The zero-order valence-corrected chi connectivity index (χ0v) is 25.5. The minimum Gasteiger partial charge on any atom is -0.494 e. The monoisotopic (exact) mass is 558 g/mol. The minimum absolute atomic E-state index is 0.0176. The van der Waals surface area contributed by atoms with Crippen molar-refractivity contribution in [2.24, 2.45) is 0 Å². The van der Waals surface area contributed by atoms with Gasteiger partial charge in [-0.15, -0.1) is 0 Å². The molecule has 0 saturated heterocycles. The molecule has 0 aliphatic carbocycles. The van der Waals surface area contributed by atoms with E-state index in [-0.39, 0.29) is 12.1 Å². The molecular weight excluding hydrogens is 508 g/mol. The van der Waals surface area contributed by atoms with Gasteiger partial charge in [0.2, 0.25) is 0 Å². The molecule has 1 unspecified atom stereocenters. The molecule has 0 aliphatic rings. The first kappa shape index (κ1) is 32.4. The molecule has 0 bridgehead atoms. The van der Waals surface area contributed by atoms with Crippen LogP contribution in [0.15, 0.2) is 72.8 Å². The highest BCUT2D eigenvalue weighted by Crippen LogP contribution is 2.25. The van der Waals surface area contributed by atoms with Crippen LogP contribution in [0.4, 0.5) is 0 Å². The lowest BCUT2D eigenvalue weighted by atomic mass is 10.0. The zero-order chi connectivity index (χ0) is 29.1. The van der Waals surface area contributed by atoms with Crippen LogP contribution in [0, 0.1) is 0 Å². The van der Waals surface area contributed by atoms with Gasteiger partial charge in [0, 0.05) is 6.61 Å². The van der Waals surface area contributed by atoms with Crippen LogP contribution < -0.4 is 9.47 Å². The van der Waals surface area contributed by atoms with Crippen molar-refractivity contribution in [3.8, 4) is 22.6 Å². The van der Waals surface area contributed by atoms with Crippen molar-refractivity contribution < 1.29 is 19.0 Å². The first-order chi connectivity index (χ1) is 20.1. The molecule has 0 saturated carbocycles. The minimum atomic E-state index is -0.368. The lowest BCUT2D eigenvalue weighted by molar-refractivity contribution is 0.0636. The van der Waals surface area contributed by atoms with E-state index in [0.29, 0.717) is 11.3 Å². The van der Waals surface area contributed by atoms with Crippen LogP contribution in [0.1, 0.15) is 120 Å². The highest BCUT2D eigenvalue weighted by atomic mass is 16.5. The summed E-state index contributed by atoms with van der Waals surface area (Å²) in [5, 5.41) is 0. The molecule has 0 N–H and O–H groups in total. The molecular formula is C37H50O4. The Kier molecular flexibility index (Phi) is 15.1. The second-order valence-corrected chi connectivity index (χ2v) is 11.0. The van der Waals surface area contributed by atoms with Gasteiger partial charge in [0.25, 0.3) is 0 Å². The summed E-state index contributed by atoms with van der Waals surface area (Å²) in [6.45, 7) is 7.98. The third-order valence-corrected chi connectivity index (χ3v) is 7.50. The molecule has 4 heteroatoms. The van der Waals surface area contributed by atoms with E-state index in [1.807, 2.05) is 67.6 Å². The SMILES string of the molecule is CCCCCCCCCCCCOc1ccc(-c2ccc(C(=O)Oc3ccc(C(C)OCCCC)cc3)cc2)cc1. The molecule has 0 aliphatic heterocycles. The molecule has 0 spiro atoms. The van der Waals surface area contributed by atoms with Crippen molar-refractivity contribution in [3.05, 3.63) is 83.9 Å². The first-order valence-electron chi connectivity index (χ1n) is 15.9. The fourth-order valence-corrected chi connectivity index (χ4v) is 4.80. The lowest BCUT2D eigenvalue weighted by Crippen LogP contribution is -2.08. The Morgan fingerprint density at radius 3 is 1.68 bits per heavy atom. The van der Waals surface area contributed by atoms with Crippen LogP contribution in [-0.2, 0) is 4.74 Å². The van der Waals surface area contributed by atoms with Gasteiger partial charge < -0.3 is 14.2 Å². The summed E-state index contributed by atoms with van der Waals surface area (Å²) in [4.78, 5) is 12.7. The standard InChI is InChI=1S/C37H50O4/c1-4-6-8-9-10-11-12-13-14-15-29-40-35-24-22-33(23-25-35)32-16-18-34(19-17-32)37(38)41-36-26-20-31(21-27-36)30(3)39-28-7-5-2/h16-27,30H,4-15,28-29H2,1-3H3. The van der Waals surface area contributed by atoms with Crippen LogP contribution in [-0.4, -0.2) is 19.2 Å². The van der Waals surface area contributed by atoms with Gasteiger partial charge in [-0.3, -0.25) is 0 Å². The van der Waals surface area contributed by atoms with E-state index in [1.54, 1.807) is 0 Å². The molecule has 41 heavy (non-hydrogen) atoms. The highest BCUT2D eigenvalue weighted by molar-refractivity contribution is 5.91. The van der Waals surface area contributed by atoms with E-state index >= 15 is 0 Å². The number of esters is 1. The molecule has 1 atom stereocenters. The summed E-state index contributed by atoms with van der Waals surface area (Å²) in [5.74, 6) is 1.06. The predicted molar refractivity (Wildman–Crippen MR) is 170 cm³/mol. The Balaban J connectivity index is 1.37. The van der Waals surface area contributed by atoms with Crippen LogP contribution in [0.2, 0.25) is 0 Å². The molecule has 222 valence electrons. The molecule has 0 amide bonds. The molecule has 0 aromatic heterocycles. The maximum absolute atomic E-state index is 12.7. The molecule has 0 fully saturated rings.